The van der Waals surface area contributed by atoms with E-state index < -0.39 is 5.91 Å². The zero-order valence-corrected chi connectivity index (χ0v) is 7.29. The van der Waals surface area contributed by atoms with Gasteiger partial charge in [0.25, 0.3) is 5.91 Å². The minimum absolute atomic E-state index is 0.425. The van der Waals surface area contributed by atoms with Crippen molar-refractivity contribution in [2.45, 2.75) is 13.3 Å². The first kappa shape index (κ1) is 8.64. The van der Waals surface area contributed by atoms with Crippen molar-refractivity contribution in [3.05, 3.63) is 17.5 Å². The molecule has 1 amide bonds. The molecule has 12 heavy (non-hydrogen) atoms. The van der Waals surface area contributed by atoms with Gasteiger partial charge in [0.15, 0.2) is 0 Å². The lowest BCUT2D eigenvalue weighted by atomic mass is 10.1. The maximum atomic E-state index is 11.0. The summed E-state index contributed by atoms with van der Waals surface area (Å²) in [5.41, 5.74) is 12.8. The SMILES string of the molecule is CCc1c(N)cn(C)c1C(N)=O. The van der Waals surface area contributed by atoms with Crippen molar-refractivity contribution in [1.82, 2.24) is 4.57 Å². The number of nitrogens with zero attached hydrogens (tertiary/aromatic N) is 1. The van der Waals surface area contributed by atoms with Crippen LogP contribution in [0.2, 0.25) is 0 Å². The zero-order chi connectivity index (χ0) is 9.30. The zero-order valence-electron chi connectivity index (χ0n) is 7.29. The maximum absolute atomic E-state index is 11.0. The molecule has 0 aromatic carbocycles. The second-order valence-corrected chi connectivity index (χ2v) is 2.74. The quantitative estimate of drug-likeness (QED) is 0.663. The fraction of sp³-hybridized carbons (Fsp3) is 0.375. The molecule has 0 saturated carbocycles. The van der Waals surface area contributed by atoms with Crippen LogP contribution in [0.1, 0.15) is 23.0 Å². The van der Waals surface area contributed by atoms with Gasteiger partial charge in [0.2, 0.25) is 0 Å². The van der Waals surface area contributed by atoms with Gasteiger partial charge >= 0.3 is 0 Å². The molecule has 0 aliphatic rings. The Kier molecular flexibility index (Phi) is 2.08. The van der Waals surface area contributed by atoms with Crippen LogP contribution in [0.25, 0.3) is 0 Å². The highest BCUT2D eigenvalue weighted by Crippen LogP contribution is 2.18. The number of primary amides is 1. The second kappa shape index (κ2) is 2.89. The smallest absolute Gasteiger partial charge is 0.265 e. The lowest BCUT2D eigenvalue weighted by Crippen LogP contribution is -2.17. The summed E-state index contributed by atoms with van der Waals surface area (Å²) in [4.78, 5) is 11.0. The Morgan fingerprint density at radius 2 is 2.25 bits per heavy atom. The van der Waals surface area contributed by atoms with E-state index in [9.17, 15) is 4.79 Å². The van der Waals surface area contributed by atoms with Gasteiger partial charge in [-0.05, 0) is 6.42 Å². The van der Waals surface area contributed by atoms with E-state index in [1.54, 1.807) is 17.8 Å². The predicted octanol–water partition coefficient (Wildman–Crippen LogP) is 0.269. The summed E-state index contributed by atoms with van der Waals surface area (Å²) >= 11 is 0. The minimum atomic E-state index is -0.425. The molecule has 4 heteroatoms. The van der Waals surface area contributed by atoms with Crippen LogP contribution in [0, 0.1) is 0 Å². The normalized spacial score (nSPS) is 10.2. The molecule has 66 valence electrons. The molecule has 1 aromatic rings. The summed E-state index contributed by atoms with van der Waals surface area (Å²) in [7, 11) is 1.76. The van der Waals surface area contributed by atoms with Crippen molar-refractivity contribution < 1.29 is 4.79 Å². The average Bonchev–Trinajstić information content (AvgIpc) is 2.24. The van der Waals surface area contributed by atoms with Crippen molar-refractivity contribution in [2.24, 2.45) is 12.8 Å². The lowest BCUT2D eigenvalue weighted by Gasteiger charge is -2.00. The molecular weight excluding hydrogens is 154 g/mol. The van der Waals surface area contributed by atoms with Gasteiger partial charge in [0.05, 0.1) is 5.69 Å². The number of hydrogen-bond donors (Lipinski definition) is 2. The monoisotopic (exact) mass is 167 g/mol. The number of aryl methyl sites for hydroxylation is 1. The molecule has 0 unspecified atom stereocenters. The van der Waals surface area contributed by atoms with Crippen LogP contribution in [0.4, 0.5) is 5.69 Å². The molecule has 1 heterocycles. The molecule has 4 nitrogen and oxygen atoms in total. The van der Waals surface area contributed by atoms with E-state index in [0.29, 0.717) is 11.4 Å². The first-order chi connectivity index (χ1) is 5.57. The molecule has 0 spiro atoms. The van der Waals surface area contributed by atoms with Gasteiger partial charge in [-0.1, -0.05) is 6.92 Å². The first-order valence-electron chi connectivity index (χ1n) is 3.81. The topological polar surface area (TPSA) is 74.0 Å². The molecule has 1 rings (SSSR count). The van der Waals surface area contributed by atoms with E-state index in [1.165, 1.54) is 0 Å². The van der Waals surface area contributed by atoms with Crippen LogP contribution < -0.4 is 11.5 Å². The Labute approximate surface area is 71.2 Å². The van der Waals surface area contributed by atoms with Crippen LogP contribution in [0.15, 0.2) is 6.20 Å². The van der Waals surface area contributed by atoms with E-state index in [4.69, 9.17) is 11.5 Å². The number of carbonyl (C=O) groups excluding carboxylic acids is 1. The summed E-state index contributed by atoms with van der Waals surface area (Å²) < 4.78 is 1.66. The van der Waals surface area contributed by atoms with Crippen LogP contribution in [-0.4, -0.2) is 10.5 Å². The summed E-state index contributed by atoms with van der Waals surface area (Å²) in [6.07, 6.45) is 2.43. The van der Waals surface area contributed by atoms with Crippen LogP contribution in [0.5, 0.6) is 0 Å². The number of amides is 1. The van der Waals surface area contributed by atoms with Crippen LogP contribution in [-0.2, 0) is 13.5 Å². The summed E-state index contributed by atoms with van der Waals surface area (Å²) in [6, 6.07) is 0. The van der Waals surface area contributed by atoms with E-state index >= 15 is 0 Å². The largest absolute Gasteiger partial charge is 0.397 e. The number of nitrogens with two attached hydrogens (primary N) is 2. The molecule has 0 saturated heterocycles. The Morgan fingerprint density at radius 3 is 2.58 bits per heavy atom. The van der Waals surface area contributed by atoms with Gasteiger partial charge in [0.1, 0.15) is 5.69 Å². The lowest BCUT2D eigenvalue weighted by molar-refractivity contribution is 0.0991. The van der Waals surface area contributed by atoms with Crippen molar-refractivity contribution >= 4 is 11.6 Å². The fourth-order valence-electron chi connectivity index (χ4n) is 1.39. The molecular formula is C8H13N3O. The number of carbonyl (C=O) groups is 1. The first-order valence-corrected chi connectivity index (χ1v) is 3.81. The molecule has 0 radical (unpaired) electrons. The van der Waals surface area contributed by atoms with Crippen molar-refractivity contribution in [3.63, 3.8) is 0 Å². The van der Waals surface area contributed by atoms with Crippen LogP contribution >= 0.6 is 0 Å². The Morgan fingerprint density at radius 1 is 1.67 bits per heavy atom. The molecule has 0 aliphatic carbocycles. The van der Waals surface area contributed by atoms with E-state index in [2.05, 4.69) is 0 Å². The van der Waals surface area contributed by atoms with Crippen molar-refractivity contribution in [2.75, 3.05) is 5.73 Å². The standard InChI is InChI=1S/C8H13N3O/c1-3-5-6(9)4-11(2)7(5)8(10)12/h4H,3,9H2,1-2H3,(H2,10,12). The second-order valence-electron chi connectivity index (χ2n) is 2.74. The molecule has 1 aromatic heterocycles. The number of rotatable bonds is 2. The van der Waals surface area contributed by atoms with Crippen molar-refractivity contribution in [3.8, 4) is 0 Å². The van der Waals surface area contributed by atoms with Gasteiger partial charge in [-0.2, -0.15) is 0 Å². The predicted molar refractivity (Wildman–Crippen MR) is 47.7 cm³/mol. The van der Waals surface area contributed by atoms with E-state index in [1.807, 2.05) is 6.92 Å². The van der Waals surface area contributed by atoms with Gasteiger partial charge < -0.3 is 16.0 Å². The maximum Gasteiger partial charge on any atom is 0.265 e. The third-order valence-electron chi connectivity index (χ3n) is 1.91. The molecule has 4 N–H and O–H groups in total. The highest BCUT2D eigenvalue weighted by molar-refractivity contribution is 5.94. The third-order valence-corrected chi connectivity index (χ3v) is 1.91. The van der Waals surface area contributed by atoms with Gasteiger partial charge in [-0.15, -0.1) is 0 Å². The van der Waals surface area contributed by atoms with E-state index in [-0.39, 0.29) is 0 Å². The molecule has 0 bridgehead atoms. The summed E-state index contributed by atoms with van der Waals surface area (Å²) in [6.45, 7) is 1.94. The Bertz CT molecular complexity index is 314. The summed E-state index contributed by atoms with van der Waals surface area (Å²) in [5, 5.41) is 0. The van der Waals surface area contributed by atoms with E-state index in [0.717, 1.165) is 12.0 Å². The fourth-order valence-corrected chi connectivity index (χ4v) is 1.39. The number of aromatic nitrogens is 1. The number of hydrogen-bond acceptors (Lipinski definition) is 2. The molecule has 0 fully saturated rings. The minimum Gasteiger partial charge on any atom is -0.397 e. The Balaban J connectivity index is 3.32. The van der Waals surface area contributed by atoms with Gasteiger partial charge in [-0.25, -0.2) is 0 Å². The third kappa shape index (κ3) is 1.15. The highest BCUT2D eigenvalue weighted by Gasteiger charge is 2.14. The highest BCUT2D eigenvalue weighted by atomic mass is 16.1. The van der Waals surface area contributed by atoms with Crippen LogP contribution in [0.3, 0.4) is 0 Å². The number of nitrogen functional groups attached to an aromatic ring is 1. The van der Waals surface area contributed by atoms with Crippen molar-refractivity contribution in [1.29, 1.82) is 0 Å². The summed E-state index contributed by atoms with van der Waals surface area (Å²) in [5.74, 6) is -0.425. The molecule has 0 atom stereocenters. The number of anilines is 1. The van der Waals surface area contributed by atoms with Gasteiger partial charge in [-0.3, -0.25) is 4.79 Å². The average molecular weight is 167 g/mol. The molecule has 0 aliphatic heterocycles. The van der Waals surface area contributed by atoms with Gasteiger partial charge in [0, 0.05) is 18.8 Å². The Hall–Kier alpha value is -1.45.